The van der Waals surface area contributed by atoms with Crippen molar-refractivity contribution >= 4 is 23.1 Å². The van der Waals surface area contributed by atoms with Crippen LogP contribution in [0.15, 0.2) is 60.3 Å². The molecule has 0 saturated heterocycles. The normalized spacial score (nSPS) is 18.7. The Labute approximate surface area is 168 Å². The van der Waals surface area contributed by atoms with Crippen molar-refractivity contribution in [3.05, 3.63) is 81.5 Å². The summed E-state index contributed by atoms with van der Waals surface area (Å²) in [6.07, 6.45) is 1.81. The highest BCUT2D eigenvalue weighted by atomic mass is 16.6. The van der Waals surface area contributed by atoms with Crippen LogP contribution >= 0.6 is 0 Å². The third kappa shape index (κ3) is 4.51. The number of hydrogen-bond acceptors (Lipinski definition) is 6. The van der Waals surface area contributed by atoms with Gasteiger partial charge in [-0.25, -0.2) is 0 Å². The van der Waals surface area contributed by atoms with Crippen molar-refractivity contribution in [1.82, 2.24) is 0 Å². The SMILES string of the molecule is CCOC(=O)[C@@H]1C(=O)C=C(Nc2cc([N+](=O)[O-])ccc2C)C[C@H]1c1ccccc1. The molecule has 0 heterocycles. The van der Waals surface area contributed by atoms with Gasteiger partial charge in [0.25, 0.3) is 5.69 Å². The highest BCUT2D eigenvalue weighted by molar-refractivity contribution is 6.07. The van der Waals surface area contributed by atoms with Gasteiger partial charge in [-0.3, -0.25) is 19.7 Å². The van der Waals surface area contributed by atoms with E-state index in [0.29, 0.717) is 17.8 Å². The first-order valence-corrected chi connectivity index (χ1v) is 9.38. The molecular formula is C22H22N2O5. The summed E-state index contributed by atoms with van der Waals surface area (Å²) < 4.78 is 5.13. The molecule has 29 heavy (non-hydrogen) atoms. The molecule has 2 aromatic carbocycles. The molecule has 0 spiro atoms. The smallest absolute Gasteiger partial charge is 0.317 e. The average molecular weight is 394 g/mol. The summed E-state index contributed by atoms with van der Waals surface area (Å²) in [6.45, 7) is 3.73. The van der Waals surface area contributed by atoms with E-state index in [-0.39, 0.29) is 24.0 Å². The molecule has 0 unspecified atom stereocenters. The van der Waals surface area contributed by atoms with E-state index in [2.05, 4.69) is 5.32 Å². The van der Waals surface area contributed by atoms with Crippen molar-refractivity contribution in [3.63, 3.8) is 0 Å². The van der Waals surface area contributed by atoms with Crippen LogP contribution in [-0.4, -0.2) is 23.3 Å². The average Bonchev–Trinajstić information content (AvgIpc) is 2.69. The van der Waals surface area contributed by atoms with Gasteiger partial charge < -0.3 is 10.1 Å². The second kappa shape index (κ2) is 8.68. The number of carbonyl (C=O) groups is 2. The van der Waals surface area contributed by atoms with Crippen molar-refractivity contribution < 1.29 is 19.2 Å². The van der Waals surface area contributed by atoms with E-state index in [1.165, 1.54) is 18.2 Å². The number of aryl methyl sites for hydroxylation is 1. The summed E-state index contributed by atoms with van der Waals surface area (Å²) in [6, 6.07) is 13.9. The quantitative estimate of drug-likeness (QED) is 0.342. The van der Waals surface area contributed by atoms with Gasteiger partial charge in [0.2, 0.25) is 0 Å². The van der Waals surface area contributed by atoms with Gasteiger partial charge in [-0.2, -0.15) is 0 Å². The van der Waals surface area contributed by atoms with Gasteiger partial charge in [0.05, 0.1) is 11.5 Å². The molecule has 0 bridgehead atoms. The number of nitrogens with one attached hydrogen (secondary N) is 1. The van der Waals surface area contributed by atoms with E-state index in [4.69, 9.17) is 4.74 Å². The Bertz CT molecular complexity index is 968. The van der Waals surface area contributed by atoms with Crippen LogP contribution in [0.3, 0.4) is 0 Å². The Morgan fingerprint density at radius 2 is 1.97 bits per heavy atom. The maximum absolute atomic E-state index is 12.8. The first-order valence-electron chi connectivity index (χ1n) is 9.38. The Balaban J connectivity index is 1.94. The number of non-ortho nitro benzene ring substituents is 1. The molecular weight excluding hydrogens is 372 g/mol. The van der Waals surface area contributed by atoms with Crippen LogP contribution in [0.1, 0.15) is 30.4 Å². The molecule has 150 valence electrons. The van der Waals surface area contributed by atoms with E-state index in [9.17, 15) is 19.7 Å². The number of carbonyl (C=O) groups excluding carboxylic acids is 2. The minimum atomic E-state index is -0.908. The number of rotatable bonds is 6. The number of esters is 1. The van der Waals surface area contributed by atoms with Crippen LogP contribution in [-0.2, 0) is 14.3 Å². The van der Waals surface area contributed by atoms with Gasteiger partial charge in [0, 0.05) is 35.5 Å². The Kier molecular flexibility index (Phi) is 6.07. The first-order chi connectivity index (χ1) is 13.9. The highest BCUT2D eigenvalue weighted by Gasteiger charge is 2.39. The molecule has 0 aliphatic heterocycles. The van der Waals surface area contributed by atoms with E-state index >= 15 is 0 Å². The summed E-state index contributed by atoms with van der Waals surface area (Å²) in [5.41, 5.74) is 2.80. The molecule has 0 saturated carbocycles. The van der Waals surface area contributed by atoms with E-state index < -0.39 is 16.8 Å². The second-order valence-corrected chi connectivity index (χ2v) is 6.90. The van der Waals surface area contributed by atoms with Crippen LogP contribution in [0.25, 0.3) is 0 Å². The largest absolute Gasteiger partial charge is 0.465 e. The van der Waals surface area contributed by atoms with Crippen molar-refractivity contribution in [2.45, 2.75) is 26.2 Å². The summed E-state index contributed by atoms with van der Waals surface area (Å²) in [5.74, 6) is -2.16. The van der Waals surface area contributed by atoms with E-state index in [1.807, 2.05) is 37.3 Å². The van der Waals surface area contributed by atoms with Crippen LogP contribution in [0.2, 0.25) is 0 Å². The van der Waals surface area contributed by atoms with Gasteiger partial charge >= 0.3 is 5.97 Å². The Morgan fingerprint density at radius 1 is 1.24 bits per heavy atom. The second-order valence-electron chi connectivity index (χ2n) is 6.90. The zero-order valence-corrected chi connectivity index (χ0v) is 16.3. The zero-order valence-electron chi connectivity index (χ0n) is 16.3. The maximum Gasteiger partial charge on any atom is 0.317 e. The number of benzene rings is 2. The summed E-state index contributed by atoms with van der Waals surface area (Å²) >= 11 is 0. The topological polar surface area (TPSA) is 98.5 Å². The fourth-order valence-corrected chi connectivity index (χ4v) is 3.51. The number of ether oxygens (including phenoxy) is 1. The molecule has 1 aliphatic rings. The zero-order chi connectivity index (χ0) is 21.0. The third-order valence-corrected chi connectivity index (χ3v) is 4.96. The fraction of sp³-hybridized carbons (Fsp3) is 0.273. The minimum absolute atomic E-state index is 0.0372. The number of allylic oxidation sites excluding steroid dienone is 2. The predicted molar refractivity (Wildman–Crippen MR) is 108 cm³/mol. The molecule has 0 radical (unpaired) electrons. The molecule has 7 heteroatoms. The minimum Gasteiger partial charge on any atom is -0.465 e. The standard InChI is InChI=1S/C22H22N2O5/c1-3-29-22(26)21-18(15-7-5-4-6-8-15)11-16(12-20(21)25)23-19-13-17(24(27)28)10-9-14(19)2/h4-10,12-13,18,21,23H,3,11H2,1-2H3/t18-,21-/m0/s1. The molecule has 7 nitrogen and oxygen atoms in total. The van der Waals surface area contributed by atoms with Gasteiger partial charge in [-0.1, -0.05) is 36.4 Å². The third-order valence-electron chi connectivity index (χ3n) is 4.96. The monoisotopic (exact) mass is 394 g/mol. The molecule has 2 atom stereocenters. The van der Waals surface area contributed by atoms with Crippen molar-refractivity contribution in [2.75, 3.05) is 11.9 Å². The fourth-order valence-electron chi connectivity index (χ4n) is 3.51. The van der Waals surface area contributed by atoms with Crippen LogP contribution < -0.4 is 5.32 Å². The van der Waals surface area contributed by atoms with Crippen LogP contribution in [0.5, 0.6) is 0 Å². The van der Waals surface area contributed by atoms with Gasteiger partial charge in [0.15, 0.2) is 5.78 Å². The van der Waals surface area contributed by atoms with Crippen molar-refractivity contribution in [1.29, 1.82) is 0 Å². The van der Waals surface area contributed by atoms with Crippen molar-refractivity contribution in [2.24, 2.45) is 5.92 Å². The lowest BCUT2D eigenvalue weighted by molar-refractivity contribution is -0.384. The molecule has 0 aromatic heterocycles. The molecule has 3 rings (SSSR count). The van der Waals surface area contributed by atoms with Crippen LogP contribution in [0.4, 0.5) is 11.4 Å². The lowest BCUT2D eigenvalue weighted by Gasteiger charge is -2.30. The molecule has 0 fully saturated rings. The number of hydrogen-bond donors (Lipinski definition) is 1. The molecule has 2 aromatic rings. The summed E-state index contributed by atoms with van der Waals surface area (Å²) in [7, 11) is 0. The Morgan fingerprint density at radius 3 is 2.62 bits per heavy atom. The van der Waals surface area contributed by atoms with Gasteiger partial charge in [0.1, 0.15) is 5.92 Å². The number of nitro groups is 1. The van der Waals surface area contributed by atoms with Gasteiger partial charge in [-0.15, -0.1) is 0 Å². The predicted octanol–water partition coefficient (Wildman–Crippen LogP) is 4.13. The number of anilines is 1. The summed E-state index contributed by atoms with van der Waals surface area (Å²) in [5, 5.41) is 14.2. The number of nitro benzene ring substituents is 1. The van der Waals surface area contributed by atoms with Crippen LogP contribution in [0, 0.1) is 23.0 Å². The number of nitrogens with zero attached hydrogens (tertiary/aromatic N) is 1. The number of ketones is 1. The molecule has 1 N–H and O–H groups in total. The maximum atomic E-state index is 12.8. The van der Waals surface area contributed by atoms with E-state index in [0.717, 1.165) is 11.1 Å². The molecule has 0 amide bonds. The van der Waals surface area contributed by atoms with E-state index in [1.54, 1.807) is 13.0 Å². The van der Waals surface area contributed by atoms with Crippen molar-refractivity contribution in [3.8, 4) is 0 Å². The first kappa shape index (κ1) is 20.3. The molecule has 1 aliphatic carbocycles. The van der Waals surface area contributed by atoms with Gasteiger partial charge in [-0.05, 0) is 31.4 Å². The summed E-state index contributed by atoms with van der Waals surface area (Å²) in [4.78, 5) is 35.9. The Hall–Kier alpha value is -3.48. The lowest BCUT2D eigenvalue weighted by Crippen LogP contribution is -2.35. The lowest BCUT2D eigenvalue weighted by atomic mass is 9.76. The highest BCUT2D eigenvalue weighted by Crippen LogP contribution is 2.37.